The van der Waals surface area contributed by atoms with Crippen molar-refractivity contribution in [3.05, 3.63) is 47.2 Å². The molecule has 2 amide bonds. The minimum absolute atomic E-state index is 0.0805. The van der Waals surface area contributed by atoms with Gasteiger partial charge in [-0.15, -0.1) is 0 Å². The first kappa shape index (κ1) is 22.5. The first-order chi connectivity index (χ1) is 13.5. The molecule has 0 aliphatic heterocycles. The highest BCUT2D eigenvalue weighted by Crippen LogP contribution is 2.19. The molecule has 0 aliphatic rings. The molecule has 0 saturated carbocycles. The van der Waals surface area contributed by atoms with E-state index in [4.69, 9.17) is 11.6 Å². The molecule has 0 radical (unpaired) electrons. The summed E-state index contributed by atoms with van der Waals surface area (Å²) in [6, 6.07) is 8.43. The number of nitrogens with zero attached hydrogens (tertiary/aromatic N) is 2. The third-order valence-corrected chi connectivity index (χ3v) is 5.63. The number of halogens is 1. The van der Waals surface area contributed by atoms with Crippen molar-refractivity contribution >= 4 is 52.6 Å². The summed E-state index contributed by atoms with van der Waals surface area (Å²) in [6.07, 6.45) is 4.83. The molecule has 2 rings (SSSR count). The van der Waals surface area contributed by atoms with Crippen molar-refractivity contribution in [3.63, 3.8) is 0 Å². The van der Waals surface area contributed by atoms with Gasteiger partial charge in [-0.3, -0.25) is 9.59 Å². The zero-order chi connectivity index (χ0) is 20.4. The summed E-state index contributed by atoms with van der Waals surface area (Å²) in [5.41, 5.74) is 0.756. The molecule has 0 fully saturated rings. The second kappa shape index (κ2) is 11.9. The van der Waals surface area contributed by atoms with Gasteiger partial charge < -0.3 is 10.6 Å². The Balaban J connectivity index is 2.12. The van der Waals surface area contributed by atoms with Gasteiger partial charge in [-0.1, -0.05) is 48.5 Å². The average Bonchev–Trinajstić information content (AvgIpc) is 2.71. The molecule has 150 valence electrons. The summed E-state index contributed by atoms with van der Waals surface area (Å²) in [7, 11) is 0. The number of hydrogen-bond acceptors (Lipinski definition) is 6. The van der Waals surface area contributed by atoms with E-state index in [1.54, 1.807) is 23.9 Å². The van der Waals surface area contributed by atoms with Crippen LogP contribution in [0.25, 0.3) is 0 Å². The lowest BCUT2D eigenvalue weighted by atomic mass is 10.2. The van der Waals surface area contributed by atoms with Gasteiger partial charge in [0, 0.05) is 11.4 Å². The Morgan fingerprint density at radius 1 is 1.21 bits per heavy atom. The second-order valence-corrected chi connectivity index (χ2v) is 8.32. The SMILES string of the molecule is CCCSc1ncc(Cl)c(C(=O)N[C@H](CCSC)C(=O)Nc2ccccc2)n1. The molecule has 1 aromatic carbocycles. The van der Waals surface area contributed by atoms with Gasteiger partial charge in [-0.25, -0.2) is 9.97 Å². The standard InChI is InChI=1S/C19H23ClN4O2S2/c1-3-10-28-19-21-12-14(20)16(24-19)18(26)23-15(9-11-27-2)17(25)22-13-7-5-4-6-8-13/h4-8,12,15H,3,9-11H2,1-2H3,(H,22,25)(H,23,26)/t15-/m1/s1. The predicted octanol–water partition coefficient (Wildman–Crippen LogP) is 4.12. The number of thioether (sulfide) groups is 2. The van der Waals surface area contributed by atoms with Crippen LogP contribution in [-0.4, -0.2) is 45.6 Å². The normalized spacial score (nSPS) is 11.7. The number of rotatable bonds is 10. The van der Waals surface area contributed by atoms with E-state index in [9.17, 15) is 9.59 Å². The van der Waals surface area contributed by atoms with Crippen molar-refractivity contribution in [2.24, 2.45) is 0 Å². The van der Waals surface area contributed by atoms with Crippen molar-refractivity contribution in [3.8, 4) is 0 Å². The Labute approximate surface area is 178 Å². The number of anilines is 1. The smallest absolute Gasteiger partial charge is 0.272 e. The van der Waals surface area contributed by atoms with Crippen molar-refractivity contribution < 1.29 is 9.59 Å². The zero-order valence-corrected chi connectivity index (χ0v) is 18.2. The van der Waals surface area contributed by atoms with Gasteiger partial charge in [-0.2, -0.15) is 11.8 Å². The van der Waals surface area contributed by atoms with Gasteiger partial charge in [-0.05, 0) is 37.0 Å². The lowest BCUT2D eigenvalue weighted by Crippen LogP contribution is -2.44. The topological polar surface area (TPSA) is 84.0 Å². The fourth-order valence-electron chi connectivity index (χ4n) is 2.26. The molecule has 1 atom stereocenters. The number of para-hydroxylation sites is 1. The molecular formula is C19H23ClN4O2S2. The monoisotopic (exact) mass is 438 g/mol. The predicted molar refractivity (Wildman–Crippen MR) is 117 cm³/mol. The van der Waals surface area contributed by atoms with Crippen molar-refractivity contribution in [1.82, 2.24) is 15.3 Å². The molecule has 0 bridgehead atoms. The zero-order valence-electron chi connectivity index (χ0n) is 15.8. The highest BCUT2D eigenvalue weighted by molar-refractivity contribution is 7.99. The number of nitrogens with one attached hydrogen (secondary N) is 2. The molecule has 0 spiro atoms. The second-order valence-electron chi connectivity index (χ2n) is 5.86. The Hall–Kier alpha value is -1.77. The minimum atomic E-state index is -0.696. The molecule has 0 saturated heterocycles. The fourth-order valence-corrected chi connectivity index (χ4v) is 3.57. The maximum absolute atomic E-state index is 12.7. The maximum Gasteiger partial charge on any atom is 0.272 e. The molecule has 0 unspecified atom stereocenters. The lowest BCUT2D eigenvalue weighted by molar-refractivity contribution is -0.118. The Bertz CT molecular complexity index is 793. The van der Waals surface area contributed by atoms with Gasteiger partial charge in [0.25, 0.3) is 5.91 Å². The molecule has 1 aromatic heterocycles. The Kier molecular flexibility index (Phi) is 9.60. The Morgan fingerprint density at radius 3 is 2.64 bits per heavy atom. The van der Waals surface area contributed by atoms with Gasteiger partial charge in [0.15, 0.2) is 10.9 Å². The van der Waals surface area contributed by atoms with Crippen LogP contribution in [0.2, 0.25) is 5.02 Å². The molecular weight excluding hydrogens is 416 g/mol. The van der Waals surface area contributed by atoms with Gasteiger partial charge >= 0.3 is 0 Å². The van der Waals surface area contributed by atoms with Gasteiger partial charge in [0.1, 0.15) is 6.04 Å². The van der Waals surface area contributed by atoms with Crippen LogP contribution in [0.15, 0.2) is 41.7 Å². The quantitative estimate of drug-likeness (QED) is 0.428. The molecule has 2 aromatic rings. The number of aromatic nitrogens is 2. The number of carbonyl (C=O) groups is 2. The van der Waals surface area contributed by atoms with Crippen LogP contribution in [0.5, 0.6) is 0 Å². The van der Waals surface area contributed by atoms with E-state index in [1.165, 1.54) is 18.0 Å². The molecule has 28 heavy (non-hydrogen) atoms. The summed E-state index contributed by atoms with van der Waals surface area (Å²) in [6.45, 7) is 2.05. The van der Waals surface area contributed by atoms with Crippen molar-refractivity contribution in [2.45, 2.75) is 31.0 Å². The van der Waals surface area contributed by atoms with Crippen LogP contribution in [0.1, 0.15) is 30.3 Å². The number of carbonyl (C=O) groups excluding carboxylic acids is 2. The van der Waals surface area contributed by atoms with E-state index in [2.05, 4.69) is 27.5 Å². The molecule has 6 nitrogen and oxygen atoms in total. The van der Waals surface area contributed by atoms with Gasteiger partial charge in [0.05, 0.1) is 11.2 Å². The highest BCUT2D eigenvalue weighted by atomic mass is 35.5. The van der Waals surface area contributed by atoms with Crippen LogP contribution >= 0.6 is 35.1 Å². The number of hydrogen-bond donors (Lipinski definition) is 2. The molecule has 0 aliphatic carbocycles. The van der Waals surface area contributed by atoms with E-state index in [0.29, 0.717) is 17.3 Å². The lowest BCUT2D eigenvalue weighted by Gasteiger charge is -2.18. The summed E-state index contributed by atoms with van der Waals surface area (Å²) >= 11 is 9.19. The van der Waals surface area contributed by atoms with E-state index in [-0.39, 0.29) is 16.6 Å². The first-order valence-corrected chi connectivity index (χ1v) is 11.6. The highest BCUT2D eigenvalue weighted by Gasteiger charge is 2.23. The average molecular weight is 439 g/mol. The summed E-state index contributed by atoms with van der Waals surface area (Å²) in [5, 5.41) is 6.24. The van der Waals surface area contributed by atoms with E-state index in [1.807, 2.05) is 24.5 Å². The maximum atomic E-state index is 12.7. The van der Waals surface area contributed by atoms with Crippen LogP contribution < -0.4 is 10.6 Å². The fraction of sp³-hybridized carbons (Fsp3) is 0.368. The van der Waals surface area contributed by atoms with E-state index in [0.717, 1.165) is 17.9 Å². The molecule has 2 N–H and O–H groups in total. The third kappa shape index (κ3) is 7.00. The number of benzene rings is 1. The van der Waals surface area contributed by atoms with Crippen LogP contribution in [0.4, 0.5) is 5.69 Å². The van der Waals surface area contributed by atoms with Crippen LogP contribution in [0.3, 0.4) is 0 Å². The largest absolute Gasteiger partial charge is 0.339 e. The summed E-state index contributed by atoms with van der Waals surface area (Å²) in [4.78, 5) is 33.8. The van der Waals surface area contributed by atoms with Crippen molar-refractivity contribution in [2.75, 3.05) is 23.1 Å². The summed E-state index contributed by atoms with van der Waals surface area (Å²) in [5.74, 6) is 0.806. The Morgan fingerprint density at radius 2 is 1.96 bits per heavy atom. The first-order valence-electron chi connectivity index (χ1n) is 8.86. The molecule has 1 heterocycles. The van der Waals surface area contributed by atoms with Crippen molar-refractivity contribution in [1.29, 1.82) is 0 Å². The van der Waals surface area contributed by atoms with Crippen LogP contribution in [0, 0.1) is 0 Å². The minimum Gasteiger partial charge on any atom is -0.339 e. The van der Waals surface area contributed by atoms with E-state index < -0.39 is 11.9 Å². The van der Waals surface area contributed by atoms with Crippen LogP contribution in [-0.2, 0) is 4.79 Å². The van der Waals surface area contributed by atoms with Gasteiger partial charge in [0.2, 0.25) is 5.91 Å². The number of amides is 2. The molecule has 9 heteroatoms. The third-order valence-electron chi connectivity index (χ3n) is 3.65. The van der Waals surface area contributed by atoms with E-state index >= 15 is 0 Å². The summed E-state index contributed by atoms with van der Waals surface area (Å²) < 4.78 is 0.